The van der Waals surface area contributed by atoms with Crippen LogP contribution in [0.15, 0.2) is 54.6 Å². The molecule has 3 nitrogen and oxygen atoms in total. The normalized spacial score (nSPS) is 9.95. The van der Waals surface area contributed by atoms with Crippen molar-refractivity contribution in [2.75, 3.05) is 7.05 Å². The molecule has 0 aromatic heterocycles. The summed E-state index contributed by atoms with van der Waals surface area (Å²) in [7, 11) is 1.77. The van der Waals surface area contributed by atoms with Crippen molar-refractivity contribution < 1.29 is 9.59 Å². The van der Waals surface area contributed by atoms with Crippen LogP contribution in [0.1, 0.15) is 26.3 Å². The summed E-state index contributed by atoms with van der Waals surface area (Å²) in [6.07, 6.45) is 0.766. The molecule has 0 spiro atoms. The summed E-state index contributed by atoms with van der Waals surface area (Å²) in [5.41, 5.74) is 2.24. The lowest BCUT2D eigenvalue weighted by Crippen LogP contribution is -2.26. The predicted molar refractivity (Wildman–Crippen MR) is 74.1 cm³/mol. The van der Waals surface area contributed by atoms with Crippen LogP contribution in [-0.4, -0.2) is 24.1 Å². The van der Waals surface area contributed by atoms with Crippen LogP contribution in [0.5, 0.6) is 0 Å². The first-order valence-corrected chi connectivity index (χ1v) is 6.05. The molecule has 0 aliphatic heterocycles. The Kier molecular flexibility index (Phi) is 4.08. The van der Waals surface area contributed by atoms with E-state index in [1.807, 2.05) is 30.3 Å². The maximum atomic E-state index is 12.2. The van der Waals surface area contributed by atoms with E-state index in [9.17, 15) is 9.59 Å². The zero-order valence-electron chi connectivity index (χ0n) is 10.7. The number of nitrogens with zero attached hydrogens (tertiary/aromatic N) is 1. The smallest absolute Gasteiger partial charge is 0.253 e. The van der Waals surface area contributed by atoms with Crippen molar-refractivity contribution in [2.24, 2.45) is 0 Å². The van der Waals surface area contributed by atoms with E-state index in [-0.39, 0.29) is 5.91 Å². The van der Waals surface area contributed by atoms with Crippen molar-refractivity contribution in [3.8, 4) is 0 Å². The molecule has 0 heterocycles. The maximum absolute atomic E-state index is 12.2. The summed E-state index contributed by atoms with van der Waals surface area (Å²) in [6, 6.07) is 16.5. The second-order valence-corrected chi connectivity index (χ2v) is 4.39. The first-order chi connectivity index (χ1) is 9.20. The van der Waals surface area contributed by atoms with Crippen LogP contribution < -0.4 is 0 Å². The summed E-state index contributed by atoms with van der Waals surface area (Å²) in [5, 5.41) is 0. The number of aldehydes is 1. The summed E-state index contributed by atoms with van der Waals surface area (Å²) in [4.78, 5) is 24.4. The molecule has 0 atom stereocenters. The molecule has 96 valence electrons. The lowest BCUT2D eigenvalue weighted by atomic mass is 10.1. The van der Waals surface area contributed by atoms with Crippen molar-refractivity contribution in [1.82, 2.24) is 4.90 Å². The van der Waals surface area contributed by atoms with Gasteiger partial charge in [-0.3, -0.25) is 9.59 Å². The molecule has 3 heteroatoms. The van der Waals surface area contributed by atoms with Gasteiger partial charge in [0.15, 0.2) is 0 Å². The largest absolute Gasteiger partial charge is 0.337 e. The third kappa shape index (κ3) is 3.28. The van der Waals surface area contributed by atoms with Gasteiger partial charge in [-0.15, -0.1) is 0 Å². The van der Waals surface area contributed by atoms with Crippen molar-refractivity contribution in [3.63, 3.8) is 0 Å². The Balaban J connectivity index is 2.08. The molecule has 0 aliphatic carbocycles. The van der Waals surface area contributed by atoms with Gasteiger partial charge in [-0.05, 0) is 17.7 Å². The van der Waals surface area contributed by atoms with Crippen LogP contribution in [0, 0.1) is 0 Å². The van der Waals surface area contributed by atoms with Crippen LogP contribution in [0.2, 0.25) is 0 Å². The van der Waals surface area contributed by atoms with Gasteiger partial charge in [-0.25, -0.2) is 0 Å². The highest BCUT2D eigenvalue weighted by Gasteiger charge is 2.11. The van der Waals surface area contributed by atoms with Gasteiger partial charge in [0, 0.05) is 24.7 Å². The molecule has 0 saturated carbocycles. The molecule has 0 radical (unpaired) electrons. The molecule has 19 heavy (non-hydrogen) atoms. The first kappa shape index (κ1) is 13.0. The zero-order valence-corrected chi connectivity index (χ0v) is 10.7. The van der Waals surface area contributed by atoms with E-state index >= 15 is 0 Å². The average molecular weight is 253 g/mol. The molecule has 0 N–H and O–H groups in total. The molecular weight excluding hydrogens is 238 g/mol. The van der Waals surface area contributed by atoms with Gasteiger partial charge >= 0.3 is 0 Å². The minimum atomic E-state index is -0.0543. The highest BCUT2D eigenvalue weighted by Crippen LogP contribution is 2.09. The topological polar surface area (TPSA) is 37.4 Å². The van der Waals surface area contributed by atoms with Gasteiger partial charge in [0.05, 0.1) is 0 Å². The Labute approximate surface area is 112 Å². The van der Waals surface area contributed by atoms with E-state index in [0.717, 1.165) is 11.8 Å². The Morgan fingerprint density at radius 1 is 1.05 bits per heavy atom. The van der Waals surface area contributed by atoms with E-state index in [0.29, 0.717) is 17.7 Å². The highest BCUT2D eigenvalue weighted by atomic mass is 16.2. The third-order valence-electron chi connectivity index (χ3n) is 2.90. The standard InChI is InChI=1S/C16H15NO2/c1-17(11-13-5-3-2-4-6-13)16(19)15-9-7-14(12-18)8-10-15/h2-10,12H,11H2,1H3. The summed E-state index contributed by atoms with van der Waals surface area (Å²) < 4.78 is 0. The van der Waals surface area contributed by atoms with Gasteiger partial charge in [0.25, 0.3) is 5.91 Å². The lowest BCUT2D eigenvalue weighted by Gasteiger charge is -2.17. The number of hydrogen-bond donors (Lipinski definition) is 0. The summed E-state index contributed by atoms with van der Waals surface area (Å²) in [6.45, 7) is 0.565. The number of amides is 1. The van der Waals surface area contributed by atoms with Gasteiger partial charge in [0.2, 0.25) is 0 Å². The van der Waals surface area contributed by atoms with Crippen molar-refractivity contribution in [3.05, 3.63) is 71.3 Å². The van der Waals surface area contributed by atoms with Crippen LogP contribution in [0.3, 0.4) is 0 Å². The zero-order chi connectivity index (χ0) is 13.7. The van der Waals surface area contributed by atoms with Gasteiger partial charge in [-0.1, -0.05) is 42.5 Å². The minimum Gasteiger partial charge on any atom is -0.337 e. The van der Waals surface area contributed by atoms with Crippen LogP contribution in [0.25, 0.3) is 0 Å². The molecule has 1 amide bonds. The second kappa shape index (κ2) is 5.96. The summed E-state index contributed by atoms with van der Waals surface area (Å²) >= 11 is 0. The third-order valence-corrected chi connectivity index (χ3v) is 2.90. The van der Waals surface area contributed by atoms with Crippen LogP contribution in [-0.2, 0) is 6.54 Å². The Bertz CT molecular complexity index is 561. The van der Waals surface area contributed by atoms with E-state index in [1.165, 1.54) is 0 Å². The molecule has 0 saturated heterocycles. The monoisotopic (exact) mass is 253 g/mol. The molecule has 2 aromatic rings. The number of carbonyl (C=O) groups is 2. The van der Waals surface area contributed by atoms with Crippen molar-refractivity contribution >= 4 is 12.2 Å². The van der Waals surface area contributed by atoms with Crippen molar-refractivity contribution in [2.45, 2.75) is 6.54 Å². The number of rotatable bonds is 4. The number of carbonyl (C=O) groups excluding carboxylic acids is 2. The Morgan fingerprint density at radius 2 is 1.68 bits per heavy atom. The number of benzene rings is 2. The lowest BCUT2D eigenvalue weighted by molar-refractivity contribution is 0.0785. The molecule has 0 fully saturated rings. The molecule has 0 aliphatic rings. The fourth-order valence-electron chi connectivity index (χ4n) is 1.85. The molecular formula is C16H15NO2. The molecule has 2 aromatic carbocycles. The Hall–Kier alpha value is -2.42. The average Bonchev–Trinajstić information content (AvgIpc) is 2.47. The molecule has 0 bridgehead atoms. The van der Waals surface area contributed by atoms with Gasteiger partial charge in [0.1, 0.15) is 6.29 Å². The van der Waals surface area contributed by atoms with E-state index in [2.05, 4.69) is 0 Å². The van der Waals surface area contributed by atoms with E-state index < -0.39 is 0 Å². The quantitative estimate of drug-likeness (QED) is 0.786. The summed E-state index contributed by atoms with van der Waals surface area (Å²) in [5.74, 6) is -0.0543. The fraction of sp³-hybridized carbons (Fsp3) is 0.125. The first-order valence-electron chi connectivity index (χ1n) is 6.05. The molecule has 0 unspecified atom stereocenters. The van der Waals surface area contributed by atoms with Gasteiger partial charge in [-0.2, -0.15) is 0 Å². The van der Waals surface area contributed by atoms with Gasteiger partial charge < -0.3 is 4.90 Å². The van der Waals surface area contributed by atoms with Crippen LogP contribution >= 0.6 is 0 Å². The van der Waals surface area contributed by atoms with Crippen LogP contribution in [0.4, 0.5) is 0 Å². The van der Waals surface area contributed by atoms with Crippen molar-refractivity contribution in [1.29, 1.82) is 0 Å². The SMILES string of the molecule is CN(Cc1ccccc1)C(=O)c1ccc(C=O)cc1. The van der Waals surface area contributed by atoms with E-state index in [1.54, 1.807) is 36.2 Å². The number of hydrogen-bond acceptors (Lipinski definition) is 2. The van der Waals surface area contributed by atoms with E-state index in [4.69, 9.17) is 0 Å². The highest BCUT2D eigenvalue weighted by molar-refractivity contribution is 5.94. The fourth-order valence-corrected chi connectivity index (χ4v) is 1.85. The minimum absolute atomic E-state index is 0.0543. The second-order valence-electron chi connectivity index (χ2n) is 4.39. The predicted octanol–water partition coefficient (Wildman–Crippen LogP) is 2.77. The molecule has 2 rings (SSSR count). The maximum Gasteiger partial charge on any atom is 0.253 e. The Morgan fingerprint density at radius 3 is 2.26 bits per heavy atom.